The number of amides is 1. The highest BCUT2D eigenvalue weighted by atomic mass is 33.1. The highest BCUT2D eigenvalue weighted by molar-refractivity contribution is 8.77. The molecule has 0 spiro atoms. The van der Waals surface area contributed by atoms with Gasteiger partial charge in [0.25, 0.3) is 0 Å². The first-order chi connectivity index (χ1) is 12.7. The van der Waals surface area contributed by atoms with Crippen LogP contribution in [0.25, 0.3) is 11.0 Å². The summed E-state index contributed by atoms with van der Waals surface area (Å²) >= 11 is 0. The molecule has 140 valence electrons. The third-order valence-electron chi connectivity index (χ3n) is 5.55. The van der Waals surface area contributed by atoms with Gasteiger partial charge in [-0.15, -0.1) is 0 Å². The Hall–Kier alpha value is -1.14. The number of nitrogens with zero attached hydrogens (tertiary/aromatic N) is 3. The standard InChI is InChI=1S/C20H27N3OS2/c1-15-21-18-7-3-4-8-19(18)23(15)16-10-12-22(14-16)20(24)9-5-2-6-17-11-13-25-26-17/h3-4,7-8,16-17H,2,5-6,9-14H2,1H3/t16-,17+/m0/s1. The Morgan fingerprint density at radius 3 is 3.00 bits per heavy atom. The van der Waals surface area contributed by atoms with Crippen LogP contribution in [0.15, 0.2) is 24.3 Å². The van der Waals surface area contributed by atoms with Crippen molar-refractivity contribution in [2.24, 2.45) is 0 Å². The average molecular weight is 390 g/mol. The van der Waals surface area contributed by atoms with Crippen LogP contribution < -0.4 is 0 Å². The number of carbonyl (C=O) groups is 1. The third kappa shape index (κ3) is 3.91. The van der Waals surface area contributed by atoms with Crippen LogP contribution in [0.3, 0.4) is 0 Å². The topological polar surface area (TPSA) is 38.1 Å². The Kier molecular flexibility index (Phi) is 5.79. The zero-order valence-corrected chi connectivity index (χ0v) is 17.0. The van der Waals surface area contributed by atoms with Crippen LogP contribution in [0.1, 0.15) is 50.4 Å². The first kappa shape index (κ1) is 18.2. The minimum absolute atomic E-state index is 0.336. The predicted molar refractivity (Wildman–Crippen MR) is 112 cm³/mol. The van der Waals surface area contributed by atoms with Crippen LogP contribution in [-0.4, -0.2) is 44.5 Å². The Morgan fingerprint density at radius 2 is 2.15 bits per heavy atom. The SMILES string of the molecule is Cc1nc2ccccc2n1[C@H]1CCN(C(=O)CCCC[C@@H]2CCSS2)C1. The van der Waals surface area contributed by atoms with Crippen molar-refractivity contribution in [2.45, 2.75) is 56.7 Å². The molecule has 1 aromatic carbocycles. The van der Waals surface area contributed by atoms with E-state index in [0.29, 0.717) is 18.4 Å². The summed E-state index contributed by atoms with van der Waals surface area (Å²) in [5, 5.41) is 0.823. The Balaban J connectivity index is 1.30. The molecule has 0 saturated carbocycles. The largest absolute Gasteiger partial charge is 0.341 e. The van der Waals surface area contributed by atoms with Crippen molar-refractivity contribution in [1.82, 2.24) is 14.5 Å². The number of para-hydroxylation sites is 2. The summed E-state index contributed by atoms with van der Waals surface area (Å²) in [5.41, 5.74) is 2.24. The van der Waals surface area contributed by atoms with Gasteiger partial charge in [0.2, 0.25) is 5.91 Å². The van der Waals surface area contributed by atoms with E-state index in [9.17, 15) is 4.79 Å². The number of fused-ring (bicyclic) bond motifs is 1. The van der Waals surface area contributed by atoms with Crippen molar-refractivity contribution in [3.63, 3.8) is 0 Å². The van der Waals surface area contributed by atoms with Gasteiger partial charge >= 0.3 is 0 Å². The molecule has 2 aliphatic rings. The lowest BCUT2D eigenvalue weighted by molar-refractivity contribution is -0.130. The van der Waals surface area contributed by atoms with Crippen LogP contribution in [0.5, 0.6) is 0 Å². The lowest BCUT2D eigenvalue weighted by Gasteiger charge is -2.18. The number of benzene rings is 1. The van der Waals surface area contributed by atoms with Gasteiger partial charge in [-0.2, -0.15) is 0 Å². The van der Waals surface area contributed by atoms with E-state index in [0.717, 1.165) is 42.5 Å². The van der Waals surface area contributed by atoms with E-state index in [4.69, 9.17) is 0 Å². The minimum atomic E-state index is 0.336. The molecule has 2 atom stereocenters. The highest BCUT2D eigenvalue weighted by Gasteiger charge is 2.29. The molecule has 0 aliphatic carbocycles. The highest BCUT2D eigenvalue weighted by Crippen LogP contribution is 2.40. The Labute approximate surface area is 163 Å². The summed E-state index contributed by atoms with van der Waals surface area (Å²) in [6.45, 7) is 3.78. The minimum Gasteiger partial charge on any atom is -0.341 e. The molecule has 2 saturated heterocycles. The van der Waals surface area contributed by atoms with E-state index < -0.39 is 0 Å². The van der Waals surface area contributed by atoms with E-state index >= 15 is 0 Å². The lowest BCUT2D eigenvalue weighted by Crippen LogP contribution is -2.29. The number of imidazole rings is 1. The summed E-state index contributed by atoms with van der Waals surface area (Å²) in [6, 6.07) is 8.67. The van der Waals surface area contributed by atoms with Crippen LogP contribution in [0.2, 0.25) is 0 Å². The molecule has 0 unspecified atom stereocenters. The third-order valence-corrected chi connectivity index (χ3v) is 8.55. The van der Waals surface area contributed by atoms with Gasteiger partial charge in [-0.3, -0.25) is 4.79 Å². The van der Waals surface area contributed by atoms with Crippen molar-refractivity contribution in [1.29, 1.82) is 0 Å². The summed E-state index contributed by atoms with van der Waals surface area (Å²) in [6.07, 6.45) is 6.58. The maximum atomic E-state index is 12.6. The molecule has 2 aliphatic heterocycles. The normalized spacial score (nSPS) is 23.2. The van der Waals surface area contributed by atoms with E-state index in [1.807, 2.05) is 27.7 Å². The van der Waals surface area contributed by atoms with Crippen molar-refractivity contribution in [3.8, 4) is 0 Å². The Bertz CT molecular complexity index is 770. The number of rotatable bonds is 6. The molecular weight excluding hydrogens is 362 g/mol. The van der Waals surface area contributed by atoms with Gasteiger partial charge < -0.3 is 9.47 Å². The zero-order valence-electron chi connectivity index (χ0n) is 15.4. The fraction of sp³-hybridized carbons (Fsp3) is 0.600. The van der Waals surface area contributed by atoms with Gasteiger partial charge in [0.05, 0.1) is 17.1 Å². The van der Waals surface area contributed by atoms with Crippen molar-refractivity contribution < 1.29 is 4.79 Å². The Morgan fingerprint density at radius 1 is 1.27 bits per heavy atom. The molecule has 1 amide bonds. The maximum Gasteiger partial charge on any atom is 0.222 e. The van der Waals surface area contributed by atoms with Crippen LogP contribution in [0.4, 0.5) is 0 Å². The first-order valence-corrected chi connectivity index (χ1v) is 12.1. The van der Waals surface area contributed by atoms with Gasteiger partial charge in [0.15, 0.2) is 0 Å². The number of aromatic nitrogens is 2. The summed E-state index contributed by atoms with van der Waals surface area (Å²) < 4.78 is 2.33. The van der Waals surface area contributed by atoms with Gasteiger partial charge in [-0.05, 0) is 44.7 Å². The predicted octanol–water partition coefficient (Wildman–Crippen LogP) is 4.83. The molecule has 2 aromatic rings. The van der Waals surface area contributed by atoms with Crippen LogP contribution in [0, 0.1) is 6.92 Å². The van der Waals surface area contributed by atoms with Crippen molar-refractivity contribution in [2.75, 3.05) is 18.8 Å². The molecule has 2 fully saturated rings. The first-order valence-electron chi connectivity index (χ1n) is 9.72. The van der Waals surface area contributed by atoms with Gasteiger partial charge in [0, 0.05) is 30.5 Å². The molecule has 3 heterocycles. The lowest BCUT2D eigenvalue weighted by atomic mass is 10.1. The fourth-order valence-electron chi connectivity index (χ4n) is 4.18. The number of carbonyl (C=O) groups excluding carboxylic acids is 1. The monoisotopic (exact) mass is 389 g/mol. The average Bonchev–Trinajstić information content (AvgIpc) is 3.37. The number of hydrogen-bond acceptors (Lipinski definition) is 4. The molecule has 0 radical (unpaired) electrons. The second-order valence-corrected chi connectivity index (χ2v) is 10.2. The summed E-state index contributed by atoms with van der Waals surface area (Å²) in [7, 11) is 4.04. The molecule has 0 bridgehead atoms. The van der Waals surface area contributed by atoms with E-state index in [-0.39, 0.29) is 0 Å². The van der Waals surface area contributed by atoms with Gasteiger partial charge in [-0.25, -0.2) is 4.98 Å². The number of likely N-dealkylation sites (tertiary alicyclic amines) is 1. The number of unbranched alkanes of at least 4 members (excludes halogenated alkanes) is 1. The molecule has 6 heteroatoms. The second kappa shape index (κ2) is 8.26. The van der Waals surface area contributed by atoms with Gasteiger partial charge in [-0.1, -0.05) is 40.1 Å². The molecule has 4 rings (SSSR count). The molecule has 0 N–H and O–H groups in total. The van der Waals surface area contributed by atoms with E-state index in [1.165, 1.54) is 30.5 Å². The van der Waals surface area contributed by atoms with Crippen molar-refractivity contribution >= 4 is 38.5 Å². The zero-order chi connectivity index (χ0) is 17.9. The fourth-order valence-corrected chi connectivity index (χ4v) is 7.20. The maximum absolute atomic E-state index is 12.6. The van der Waals surface area contributed by atoms with Gasteiger partial charge in [0.1, 0.15) is 5.82 Å². The smallest absolute Gasteiger partial charge is 0.222 e. The second-order valence-electron chi connectivity index (χ2n) is 7.37. The van der Waals surface area contributed by atoms with E-state index in [2.05, 4.69) is 39.6 Å². The molecular formula is C20H27N3OS2. The number of hydrogen-bond donors (Lipinski definition) is 0. The molecule has 4 nitrogen and oxygen atoms in total. The number of aryl methyl sites for hydroxylation is 1. The summed E-state index contributed by atoms with van der Waals surface area (Å²) in [4.78, 5) is 19.3. The molecule has 1 aromatic heterocycles. The quantitative estimate of drug-likeness (QED) is 0.524. The van der Waals surface area contributed by atoms with E-state index in [1.54, 1.807) is 0 Å². The molecule has 26 heavy (non-hydrogen) atoms. The van der Waals surface area contributed by atoms with Crippen LogP contribution in [-0.2, 0) is 4.79 Å². The summed E-state index contributed by atoms with van der Waals surface area (Å²) in [5.74, 6) is 2.69. The van der Waals surface area contributed by atoms with Crippen molar-refractivity contribution in [3.05, 3.63) is 30.1 Å². The van der Waals surface area contributed by atoms with Crippen LogP contribution >= 0.6 is 21.6 Å².